The normalized spacial score (nSPS) is 23.4. The summed E-state index contributed by atoms with van der Waals surface area (Å²) in [7, 11) is 0. The van der Waals surface area contributed by atoms with Gasteiger partial charge in [-0.3, -0.25) is 14.2 Å². The Morgan fingerprint density at radius 1 is 1.24 bits per heavy atom. The third kappa shape index (κ3) is 2.90. The van der Waals surface area contributed by atoms with Crippen LogP contribution < -0.4 is 10.9 Å². The molecule has 4 rings (SSSR count). The summed E-state index contributed by atoms with van der Waals surface area (Å²) < 4.78 is 1.80. The molecule has 5 nitrogen and oxygen atoms in total. The summed E-state index contributed by atoms with van der Waals surface area (Å²) in [6.07, 6.45) is 7.60. The minimum Gasteiger partial charge on any atom is -0.348 e. The van der Waals surface area contributed by atoms with Crippen molar-refractivity contribution in [1.29, 1.82) is 0 Å². The van der Waals surface area contributed by atoms with Crippen molar-refractivity contribution in [3.63, 3.8) is 0 Å². The quantitative estimate of drug-likeness (QED) is 0.894. The number of hydrogen-bond donors (Lipinski definition) is 1. The van der Waals surface area contributed by atoms with Crippen LogP contribution in [0.3, 0.4) is 0 Å². The Morgan fingerprint density at radius 2 is 2.04 bits per heavy atom. The molecule has 2 aromatic heterocycles. The molecule has 1 saturated carbocycles. The minimum atomic E-state index is -0.0402. The Hall–Kier alpha value is -1.69. The van der Waals surface area contributed by atoms with E-state index >= 15 is 0 Å². The number of carbonyl (C=O) groups is 1. The maximum atomic E-state index is 12.9. The number of nitrogens with one attached hydrogen (secondary N) is 1. The van der Waals surface area contributed by atoms with E-state index in [0.717, 1.165) is 48.4 Å². The summed E-state index contributed by atoms with van der Waals surface area (Å²) >= 11 is 1.37. The number of thiophene rings is 1. The first-order valence-corrected chi connectivity index (χ1v) is 10.2. The number of amides is 1. The molecule has 0 spiro atoms. The lowest BCUT2D eigenvalue weighted by molar-refractivity contribution is 0.0914. The molecule has 0 bridgehead atoms. The SMILES string of the molecule is Cc1c(C(=O)N[C@H]2CCCC[C@H]2C)sc2nc3n(c(=O)c12)CCCC3. The maximum Gasteiger partial charge on any atom is 0.262 e. The van der Waals surface area contributed by atoms with Gasteiger partial charge in [0.25, 0.3) is 11.5 Å². The second-order valence-corrected chi connectivity index (χ2v) is 8.52. The van der Waals surface area contributed by atoms with Crippen LogP contribution in [0.2, 0.25) is 0 Å². The zero-order chi connectivity index (χ0) is 17.6. The fourth-order valence-electron chi connectivity index (χ4n) is 4.21. The van der Waals surface area contributed by atoms with E-state index < -0.39 is 0 Å². The number of aryl methyl sites for hydroxylation is 2. The molecule has 25 heavy (non-hydrogen) atoms. The molecular formula is C19H25N3O2S. The smallest absolute Gasteiger partial charge is 0.262 e. The van der Waals surface area contributed by atoms with Crippen LogP contribution >= 0.6 is 11.3 Å². The average Bonchev–Trinajstić information content (AvgIpc) is 2.94. The highest BCUT2D eigenvalue weighted by Crippen LogP contribution is 2.30. The molecule has 6 heteroatoms. The third-order valence-electron chi connectivity index (χ3n) is 5.80. The van der Waals surface area contributed by atoms with E-state index in [9.17, 15) is 9.59 Å². The highest BCUT2D eigenvalue weighted by Gasteiger charge is 2.27. The molecule has 3 heterocycles. The lowest BCUT2D eigenvalue weighted by Crippen LogP contribution is -2.41. The van der Waals surface area contributed by atoms with Gasteiger partial charge in [-0.25, -0.2) is 4.98 Å². The topological polar surface area (TPSA) is 64.0 Å². The first kappa shape index (κ1) is 16.8. The van der Waals surface area contributed by atoms with E-state index in [1.165, 1.54) is 30.6 Å². The van der Waals surface area contributed by atoms with Crippen molar-refractivity contribution >= 4 is 27.5 Å². The van der Waals surface area contributed by atoms with Crippen LogP contribution in [-0.2, 0) is 13.0 Å². The molecule has 2 atom stereocenters. The average molecular weight is 359 g/mol. The van der Waals surface area contributed by atoms with Crippen LogP contribution in [0.25, 0.3) is 10.2 Å². The lowest BCUT2D eigenvalue weighted by Gasteiger charge is -2.29. The van der Waals surface area contributed by atoms with Gasteiger partial charge in [-0.15, -0.1) is 11.3 Å². The minimum absolute atomic E-state index is 0.0264. The van der Waals surface area contributed by atoms with Gasteiger partial charge in [-0.1, -0.05) is 19.8 Å². The van der Waals surface area contributed by atoms with E-state index in [-0.39, 0.29) is 17.5 Å². The number of carbonyl (C=O) groups excluding carboxylic acids is 1. The van der Waals surface area contributed by atoms with E-state index in [0.29, 0.717) is 16.2 Å². The first-order valence-electron chi connectivity index (χ1n) is 9.40. The summed E-state index contributed by atoms with van der Waals surface area (Å²) in [4.78, 5) is 31.8. The van der Waals surface area contributed by atoms with E-state index in [4.69, 9.17) is 4.98 Å². The van der Waals surface area contributed by atoms with Crippen LogP contribution in [0.5, 0.6) is 0 Å². The fraction of sp³-hybridized carbons (Fsp3) is 0.632. The Bertz CT molecular complexity index is 883. The van der Waals surface area contributed by atoms with Gasteiger partial charge in [0.1, 0.15) is 10.7 Å². The van der Waals surface area contributed by atoms with Gasteiger partial charge in [0, 0.05) is 19.0 Å². The molecule has 134 valence electrons. The molecule has 2 aromatic rings. The summed E-state index contributed by atoms with van der Waals surface area (Å²) in [5.74, 6) is 1.35. The van der Waals surface area contributed by atoms with Crippen LogP contribution in [-0.4, -0.2) is 21.5 Å². The zero-order valence-corrected chi connectivity index (χ0v) is 15.7. The molecule has 1 aliphatic carbocycles. The van der Waals surface area contributed by atoms with Gasteiger partial charge < -0.3 is 5.32 Å². The van der Waals surface area contributed by atoms with Crippen molar-refractivity contribution in [1.82, 2.24) is 14.9 Å². The van der Waals surface area contributed by atoms with E-state index in [1.54, 1.807) is 4.57 Å². The van der Waals surface area contributed by atoms with Gasteiger partial charge in [-0.2, -0.15) is 0 Å². The largest absolute Gasteiger partial charge is 0.348 e. The molecule has 1 aliphatic heterocycles. The van der Waals surface area contributed by atoms with Crippen molar-refractivity contribution in [2.24, 2.45) is 5.92 Å². The van der Waals surface area contributed by atoms with Gasteiger partial charge in [0.05, 0.1) is 10.3 Å². The number of nitrogens with zero attached hydrogens (tertiary/aromatic N) is 2. The second-order valence-electron chi connectivity index (χ2n) is 7.52. The van der Waals surface area contributed by atoms with Crippen LogP contribution in [0.15, 0.2) is 4.79 Å². The molecular weight excluding hydrogens is 334 g/mol. The fourth-order valence-corrected chi connectivity index (χ4v) is 5.31. The monoisotopic (exact) mass is 359 g/mol. The van der Waals surface area contributed by atoms with Crippen molar-refractivity contribution < 1.29 is 4.79 Å². The summed E-state index contributed by atoms with van der Waals surface area (Å²) in [5, 5.41) is 3.85. The van der Waals surface area contributed by atoms with Crippen LogP contribution in [0, 0.1) is 12.8 Å². The standard InChI is InChI=1S/C19H25N3O2S/c1-11-7-3-4-8-13(11)20-17(23)16-12(2)15-18(25-16)21-14-9-5-6-10-22(14)19(15)24/h11,13H,3-10H2,1-2H3,(H,20,23)/t11-,13+/m1/s1. The maximum absolute atomic E-state index is 12.9. The number of rotatable bonds is 2. The predicted octanol–water partition coefficient (Wildman–Crippen LogP) is 3.41. The predicted molar refractivity (Wildman–Crippen MR) is 100 cm³/mol. The van der Waals surface area contributed by atoms with Crippen molar-refractivity contribution in [2.45, 2.75) is 71.4 Å². The summed E-state index contributed by atoms with van der Waals surface area (Å²) in [5.41, 5.74) is 0.817. The Morgan fingerprint density at radius 3 is 2.84 bits per heavy atom. The van der Waals surface area contributed by atoms with E-state index in [2.05, 4.69) is 12.2 Å². The van der Waals surface area contributed by atoms with Crippen molar-refractivity contribution in [3.05, 3.63) is 26.6 Å². The van der Waals surface area contributed by atoms with Gasteiger partial charge >= 0.3 is 0 Å². The molecule has 0 aromatic carbocycles. The summed E-state index contributed by atoms with van der Waals surface area (Å²) in [6, 6.07) is 0.244. The third-order valence-corrected chi connectivity index (χ3v) is 6.98. The lowest BCUT2D eigenvalue weighted by atomic mass is 9.86. The second kappa shape index (κ2) is 6.56. The van der Waals surface area contributed by atoms with Crippen LogP contribution in [0.1, 0.15) is 66.5 Å². The van der Waals surface area contributed by atoms with Crippen LogP contribution in [0.4, 0.5) is 0 Å². The molecule has 1 N–H and O–H groups in total. The Labute approximate surface area is 151 Å². The van der Waals surface area contributed by atoms with Crippen molar-refractivity contribution in [3.8, 4) is 0 Å². The zero-order valence-electron chi connectivity index (χ0n) is 14.9. The molecule has 2 aliphatic rings. The van der Waals surface area contributed by atoms with Gasteiger partial charge in [-0.05, 0) is 44.1 Å². The molecule has 0 unspecified atom stereocenters. The van der Waals surface area contributed by atoms with Crippen molar-refractivity contribution in [2.75, 3.05) is 0 Å². The molecule has 1 fully saturated rings. The molecule has 0 saturated heterocycles. The summed E-state index contributed by atoms with van der Waals surface area (Å²) in [6.45, 7) is 4.84. The van der Waals surface area contributed by atoms with E-state index in [1.807, 2.05) is 6.92 Å². The number of hydrogen-bond acceptors (Lipinski definition) is 4. The molecule has 1 amide bonds. The highest BCUT2D eigenvalue weighted by atomic mass is 32.1. The van der Waals surface area contributed by atoms with Gasteiger partial charge in [0.15, 0.2) is 0 Å². The first-order chi connectivity index (χ1) is 12.1. The number of aromatic nitrogens is 2. The Balaban J connectivity index is 1.70. The number of fused-ring (bicyclic) bond motifs is 2. The Kier molecular flexibility index (Phi) is 4.40. The highest BCUT2D eigenvalue weighted by molar-refractivity contribution is 7.20. The molecule has 0 radical (unpaired) electrons. The van der Waals surface area contributed by atoms with Gasteiger partial charge in [0.2, 0.25) is 0 Å².